The van der Waals surface area contributed by atoms with E-state index in [0.717, 1.165) is 17.1 Å². The van der Waals surface area contributed by atoms with Gasteiger partial charge in [0.1, 0.15) is 0 Å². The van der Waals surface area contributed by atoms with Crippen molar-refractivity contribution in [2.45, 2.75) is 5.41 Å². The van der Waals surface area contributed by atoms with Crippen LogP contribution in [0.3, 0.4) is 0 Å². The number of benzene rings is 7. The molecule has 9 rings (SSSR count). The molecule has 1 aliphatic carbocycles. The molecule has 1 aliphatic heterocycles. The van der Waals surface area contributed by atoms with Crippen LogP contribution in [-0.4, -0.2) is 0 Å². The molecule has 0 saturated carbocycles. The second kappa shape index (κ2) is 9.20. The number of para-hydroxylation sites is 2. The lowest BCUT2D eigenvalue weighted by molar-refractivity contribution is 0.753. The van der Waals surface area contributed by atoms with Gasteiger partial charge in [-0.05, 0) is 92.7 Å². The number of hydrogen-bond acceptors (Lipinski definition) is 2. The molecule has 7 aromatic carbocycles. The highest BCUT2D eigenvalue weighted by Gasteiger charge is 2.51. The Hall–Kier alpha value is -5.60. The van der Waals surface area contributed by atoms with E-state index in [1.165, 1.54) is 55.5 Å². The second-order valence-electron chi connectivity index (χ2n) is 11.4. The summed E-state index contributed by atoms with van der Waals surface area (Å²) in [4.78, 5) is 2.46. The van der Waals surface area contributed by atoms with Crippen LogP contribution in [0.2, 0.25) is 0 Å². The predicted octanol–water partition coefficient (Wildman–Crippen LogP) is 10.7. The van der Waals surface area contributed by atoms with Gasteiger partial charge in [-0.2, -0.15) is 0 Å². The Morgan fingerprint density at radius 1 is 0.395 bits per heavy atom. The van der Waals surface area contributed by atoms with E-state index in [9.17, 15) is 0 Å². The third-order valence-electron chi connectivity index (χ3n) is 9.20. The van der Waals surface area contributed by atoms with Gasteiger partial charge in [-0.15, -0.1) is 0 Å². The first kappa shape index (κ1) is 24.0. The van der Waals surface area contributed by atoms with Gasteiger partial charge in [0.25, 0.3) is 0 Å². The van der Waals surface area contributed by atoms with Crippen molar-refractivity contribution in [2.24, 2.45) is 0 Å². The van der Waals surface area contributed by atoms with E-state index in [-0.39, 0.29) is 0 Å². The first-order valence-corrected chi connectivity index (χ1v) is 14.9. The van der Waals surface area contributed by atoms with Gasteiger partial charge in [0, 0.05) is 17.1 Å². The lowest BCUT2D eigenvalue weighted by Crippen LogP contribution is -2.36. The van der Waals surface area contributed by atoms with E-state index in [1.807, 2.05) is 0 Å². The summed E-state index contributed by atoms with van der Waals surface area (Å²) < 4.78 is 0. The lowest BCUT2D eigenvalue weighted by atomic mass is 9.64. The van der Waals surface area contributed by atoms with Crippen LogP contribution in [0.25, 0.3) is 21.9 Å². The van der Waals surface area contributed by atoms with E-state index in [2.05, 4.69) is 174 Å². The summed E-state index contributed by atoms with van der Waals surface area (Å²) in [7, 11) is 0. The molecule has 2 aliphatic rings. The highest BCUT2D eigenvalue weighted by molar-refractivity contribution is 5.98. The Balaban J connectivity index is 1.38. The third kappa shape index (κ3) is 3.41. The molecule has 0 saturated heterocycles. The number of nitrogens with one attached hydrogen (secondary N) is 1. The SMILES string of the molecule is c1ccc(Nc2ccc3c(c2)C2(c4ccccc4-c4ccccc42)c2ccccc2N3c2ccc3ccccc3c2)cc1. The lowest BCUT2D eigenvalue weighted by Gasteiger charge is -2.45. The second-order valence-corrected chi connectivity index (χ2v) is 11.4. The van der Waals surface area contributed by atoms with E-state index < -0.39 is 5.41 Å². The summed E-state index contributed by atoms with van der Waals surface area (Å²) in [5.74, 6) is 0. The van der Waals surface area contributed by atoms with Crippen LogP contribution in [0.15, 0.2) is 164 Å². The molecule has 0 bridgehead atoms. The van der Waals surface area contributed by atoms with Crippen LogP contribution in [0.5, 0.6) is 0 Å². The van der Waals surface area contributed by atoms with Crippen LogP contribution >= 0.6 is 0 Å². The smallest absolute Gasteiger partial charge is 0.0755 e. The van der Waals surface area contributed by atoms with E-state index in [0.29, 0.717) is 0 Å². The van der Waals surface area contributed by atoms with E-state index in [1.54, 1.807) is 0 Å². The topological polar surface area (TPSA) is 15.3 Å². The Morgan fingerprint density at radius 3 is 1.77 bits per heavy atom. The van der Waals surface area contributed by atoms with E-state index >= 15 is 0 Å². The maximum absolute atomic E-state index is 3.69. The molecule has 1 spiro atoms. The Kier molecular flexibility index (Phi) is 5.15. The molecule has 0 aromatic heterocycles. The maximum atomic E-state index is 3.69. The molecule has 0 amide bonds. The Bertz CT molecular complexity index is 2130. The number of rotatable bonds is 3. The molecule has 2 heteroatoms. The molecule has 0 radical (unpaired) electrons. The largest absolute Gasteiger partial charge is 0.356 e. The van der Waals surface area contributed by atoms with Gasteiger partial charge in [0.05, 0.1) is 16.8 Å². The molecule has 0 atom stereocenters. The average molecular weight is 549 g/mol. The summed E-state index contributed by atoms with van der Waals surface area (Å²) in [6.07, 6.45) is 0. The fourth-order valence-corrected chi connectivity index (χ4v) is 7.47. The average Bonchev–Trinajstić information content (AvgIpc) is 3.37. The Morgan fingerprint density at radius 2 is 1.00 bits per heavy atom. The summed E-state index contributed by atoms with van der Waals surface area (Å²) >= 11 is 0. The first-order valence-electron chi connectivity index (χ1n) is 14.9. The molecular formula is C41H28N2. The fraction of sp³-hybridized carbons (Fsp3) is 0.0244. The first-order chi connectivity index (χ1) is 21.3. The highest BCUT2D eigenvalue weighted by Crippen LogP contribution is 2.63. The van der Waals surface area contributed by atoms with Crippen molar-refractivity contribution < 1.29 is 0 Å². The summed E-state index contributed by atoms with van der Waals surface area (Å²) in [5, 5.41) is 6.17. The predicted molar refractivity (Wildman–Crippen MR) is 179 cm³/mol. The van der Waals surface area contributed by atoms with Crippen molar-refractivity contribution in [3.63, 3.8) is 0 Å². The number of hydrogen-bond donors (Lipinski definition) is 1. The van der Waals surface area contributed by atoms with Crippen molar-refractivity contribution in [3.05, 3.63) is 186 Å². The van der Waals surface area contributed by atoms with Gasteiger partial charge in [0.2, 0.25) is 0 Å². The summed E-state index contributed by atoms with van der Waals surface area (Å²) in [6.45, 7) is 0. The minimum absolute atomic E-state index is 0.458. The standard InChI is InChI=1S/C41H28N2/c1-2-14-30(15-3-1)42-31-23-25-40-38(27-31)41(35-18-8-6-16-33(35)34-17-7-9-19-36(34)41)37-20-10-11-21-39(37)43(40)32-24-22-28-12-4-5-13-29(28)26-32/h1-27,42H. The van der Waals surface area contributed by atoms with Gasteiger partial charge in [-0.25, -0.2) is 0 Å². The maximum Gasteiger partial charge on any atom is 0.0755 e. The zero-order chi connectivity index (χ0) is 28.4. The number of anilines is 5. The minimum Gasteiger partial charge on any atom is -0.356 e. The van der Waals surface area contributed by atoms with E-state index in [4.69, 9.17) is 0 Å². The van der Waals surface area contributed by atoms with Gasteiger partial charge >= 0.3 is 0 Å². The molecule has 43 heavy (non-hydrogen) atoms. The normalized spacial score (nSPS) is 13.7. The summed E-state index contributed by atoms with van der Waals surface area (Å²) in [5.41, 5.74) is 13.1. The minimum atomic E-state index is -0.458. The third-order valence-corrected chi connectivity index (χ3v) is 9.20. The molecule has 1 heterocycles. The van der Waals surface area contributed by atoms with Crippen LogP contribution < -0.4 is 10.2 Å². The van der Waals surface area contributed by atoms with Crippen LogP contribution in [-0.2, 0) is 5.41 Å². The Labute approximate surface area is 251 Å². The molecule has 202 valence electrons. The monoisotopic (exact) mass is 548 g/mol. The summed E-state index contributed by atoms with van der Waals surface area (Å²) in [6, 6.07) is 59.7. The molecule has 0 fully saturated rings. The van der Waals surface area contributed by atoms with Crippen molar-refractivity contribution in [3.8, 4) is 11.1 Å². The van der Waals surface area contributed by atoms with Crippen molar-refractivity contribution >= 4 is 39.2 Å². The number of fused-ring (bicyclic) bond motifs is 10. The van der Waals surface area contributed by atoms with Crippen molar-refractivity contribution in [2.75, 3.05) is 10.2 Å². The fourth-order valence-electron chi connectivity index (χ4n) is 7.47. The molecule has 0 unspecified atom stereocenters. The molecule has 7 aromatic rings. The van der Waals surface area contributed by atoms with Crippen LogP contribution in [0.1, 0.15) is 22.3 Å². The quantitative estimate of drug-likeness (QED) is 0.236. The van der Waals surface area contributed by atoms with Gasteiger partial charge < -0.3 is 10.2 Å². The van der Waals surface area contributed by atoms with Gasteiger partial charge in [-0.1, -0.05) is 115 Å². The molecule has 1 N–H and O–H groups in total. The van der Waals surface area contributed by atoms with Gasteiger partial charge in [-0.3, -0.25) is 0 Å². The van der Waals surface area contributed by atoms with Crippen molar-refractivity contribution in [1.82, 2.24) is 0 Å². The highest BCUT2D eigenvalue weighted by atomic mass is 15.2. The van der Waals surface area contributed by atoms with Gasteiger partial charge in [0.15, 0.2) is 0 Å². The molecule has 2 nitrogen and oxygen atoms in total. The number of nitrogens with zero attached hydrogens (tertiary/aromatic N) is 1. The molecular weight excluding hydrogens is 520 g/mol. The van der Waals surface area contributed by atoms with Crippen LogP contribution in [0, 0.1) is 0 Å². The van der Waals surface area contributed by atoms with Crippen LogP contribution in [0.4, 0.5) is 28.4 Å². The zero-order valence-corrected chi connectivity index (χ0v) is 23.5. The zero-order valence-electron chi connectivity index (χ0n) is 23.5. The van der Waals surface area contributed by atoms with Crippen molar-refractivity contribution in [1.29, 1.82) is 0 Å².